The maximum Gasteiger partial charge on any atom is 0.135 e. The fourth-order valence-corrected chi connectivity index (χ4v) is 11.2. The molecular formula is C78H65N4O2Pt-3. The molecule has 0 saturated carbocycles. The van der Waals surface area contributed by atoms with Gasteiger partial charge in [0, 0.05) is 78.0 Å². The smallest absolute Gasteiger partial charge is 0.135 e. The Morgan fingerprint density at radius 3 is 1.71 bits per heavy atom. The van der Waals surface area contributed by atoms with Crippen LogP contribution in [0.5, 0.6) is 23.0 Å². The average Bonchev–Trinajstić information content (AvgIpc) is 1.42. The van der Waals surface area contributed by atoms with Gasteiger partial charge in [0.15, 0.2) is 0 Å². The number of hydrogen-bond acceptors (Lipinski definition) is 5. The number of benzene rings is 10. The zero-order valence-electron chi connectivity index (χ0n) is 61.4. The maximum atomic E-state index is 10.0. The second-order valence-electron chi connectivity index (χ2n) is 24.4. The van der Waals surface area contributed by atoms with Crippen molar-refractivity contribution in [3.8, 4) is 84.5 Å². The van der Waals surface area contributed by atoms with Crippen molar-refractivity contribution in [2.45, 2.75) is 78.6 Å². The Labute approximate surface area is 532 Å². The first-order chi connectivity index (χ1) is 45.9. The zero-order chi connectivity index (χ0) is 69.0. The molecule has 10 aromatic carbocycles. The molecule has 85 heavy (non-hydrogen) atoms. The standard InChI is InChI=1S/C78H65N4O2.Pt/c1-76(2,3)57-40-55(51-21-14-11-15-22-51)39-56(41-57)67-44-58(77(4,5)6)43-66-52-27-32-60(33-28-52)83-61-34-29-53(30-35-61)68-48-79-74(47-69(68)78(7,8)9)82-72-42-54(50-19-12-10-13-20-50)31-37-64(72)65-38-36-63(46-73(65)82)84-62-24-18-23-59(45-62)80-49-81(75(66)67)71-26-17-16-25-70(71)80;/h10-44,47-49H,1-9H3;/q-3;/i10D,11D,12D,13D,14D,15D,19D,20D,21D,22D,31D,37D,42D;. The summed E-state index contributed by atoms with van der Waals surface area (Å²) in [6.07, 6.45) is 1.76. The molecule has 7 heteroatoms. The van der Waals surface area contributed by atoms with Crippen LogP contribution in [0.3, 0.4) is 0 Å². The number of hydrogen-bond donors (Lipinski definition) is 0. The van der Waals surface area contributed by atoms with Crippen LogP contribution in [0.2, 0.25) is 0 Å². The maximum absolute atomic E-state index is 10.0. The summed E-state index contributed by atoms with van der Waals surface area (Å²) >= 11 is 0. The molecule has 5 aliphatic rings. The number of nitrogens with zero attached hydrogens (tertiary/aromatic N) is 4. The first kappa shape index (κ1) is 41.9. The summed E-state index contributed by atoms with van der Waals surface area (Å²) in [4.78, 5) is 9.31. The van der Waals surface area contributed by atoms with Crippen LogP contribution < -0.4 is 19.3 Å². The SMILES string of the molecule is [2H]c1c([2H])c([2H])c(-c2cc(-c3cc(C(C)(C)C)cc4c3N3[CH-]N(c5[c-]c(ccc5)Oc5[c-]c6c(cc5)c5c([2H])c([2H])c(-c7c([2H])c([2H])c([2H])c([2H])c7[2H])c([2H])c5n6-c5cc(C(C)(C)C)c(cn5)-c5ccc(cc5)Oc5ccc-4cc5)c4ccccc43)cc(C(C)(C)C)c2)c([2H])c1[2H].[Pt]. The van der Waals surface area contributed by atoms with Crippen molar-refractivity contribution in [2.75, 3.05) is 9.80 Å². The van der Waals surface area contributed by atoms with Crippen LogP contribution in [0.25, 0.3) is 83.3 Å². The Balaban J connectivity index is 0.00000864. The first-order valence-electron chi connectivity index (χ1n) is 34.5. The number of ether oxygens (including phenoxy) is 2. The van der Waals surface area contributed by atoms with Crippen LogP contribution in [0.4, 0.5) is 22.7 Å². The number of fused-ring (bicyclic) bond motifs is 6. The Hall–Kier alpha value is -8.96. The Kier molecular flexibility index (Phi) is 10.5. The third kappa shape index (κ3) is 10.3. The van der Waals surface area contributed by atoms with E-state index in [1.165, 1.54) is 0 Å². The van der Waals surface area contributed by atoms with E-state index in [1.807, 2.05) is 109 Å². The van der Waals surface area contributed by atoms with Gasteiger partial charge in [-0.3, -0.25) is 0 Å². The van der Waals surface area contributed by atoms with Crippen molar-refractivity contribution in [1.82, 2.24) is 9.55 Å². The summed E-state index contributed by atoms with van der Waals surface area (Å²) < 4.78 is 132. The van der Waals surface area contributed by atoms with Crippen molar-refractivity contribution >= 4 is 44.6 Å². The molecule has 2 aromatic heterocycles. The normalized spacial score (nSPS) is 15.1. The quantitative estimate of drug-likeness (QED) is 0.165. The van der Waals surface area contributed by atoms with Gasteiger partial charge in [-0.1, -0.05) is 189 Å². The summed E-state index contributed by atoms with van der Waals surface area (Å²) in [5, 5.41) is 0.618. The van der Waals surface area contributed by atoms with Gasteiger partial charge in [-0.25, -0.2) is 4.98 Å². The third-order valence-corrected chi connectivity index (χ3v) is 15.6. The van der Waals surface area contributed by atoms with Crippen LogP contribution in [-0.2, 0) is 37.3 Å². The molecule has 422 valence electrons. The molecule has 17 rings (SSSR count). The van der Waals surface area contributed by atoms with Crippen molar-refractivity contribution < 1.29 is 48.4 Å². The third-order valence-electron chi connectivity index (χ3n) is 15.6. The molecular weight excluding hydrogens is 1220 g/mol. The second kappa shape index (κ2) is 21.3. The van der Waals surface area contributed by atoms with Crippen molar-refractivity contribution in [3.63, 3.8) is 0 Å². The van der Waals surface area contributed by atoms with E-state index in [1.54, 1.807) is 29.0 Å². The average molecular weight is 1300 g/mol. The number of pyridine rings is 1. The fourth-order valence-electron chi connectivity index (χ4n) is 11.2. The van der Waals surface area contributed by atoms with Gasteiger partial charge in [0.1, 0.15) is 17.3 Å². The minimum Gasteiger partial charge on any atom is -0.509 e. The van der Waals surface area contributed by atoms with Crippen molar-refractivity contribution in [3.05, 3.63) is 260 Å². The molecule has 0 fully saturated rings. The molecule has 0 N–H and O–H groups in total. The molecule has 0 amide bonds. The summed E-state index contributed by atoms with van der Waals surface area (Å²) in [6, 6.07) is 46.0. The van der Waals surface area contributed by atoms with E-state index in [0.717, 1.165) is 67.1 Å². The zero-order valence-corrected chi connectivity index (χ0v) is 50.6. The molecule has 12 aromatic rings. The summed E-state index contributed by atoms with van der Waals surface area (Å²) in [5.41, 5.74) is 9.71. The Morgan fingerprint density at radius 1 is 0.471 bits per heavy atom. The Bertz CT molecular complexity index is 5270. The minimum absolute atomic E-state index is 0. The van der Waals surface area contributed by atoms with Gasteiger partial charge in [0.2, 0.25) is 0 Å². The van der Waals surface area contributed by atoms with Crippen molar-refractivity contribution in [2.24, 2.45) is 0 Å². The largest absolute Gasteiger partial charge is 0.509 e. The van der Waals surface area contributed by atoms with E-state index in [2.05, 4.69) is 104 Å². The first-order valence-corrected chi connectivity index (χ1v) is 28.0. The molecule has 5 aliphatic heterocycles. The van der Waals surface area contributed by atoms with Crippen LogP contribution in [0.1, 0.15) is 96.8 Å². The van der Waals surface area contributed by atoms with Gasteiger partial charge in [0.25, 0.3) is 0 Å². The number of rotatable bonds is 3. The molecule has 0 saturated heterocycles. The number of para-hydroxylation sites is 2. The summed E-state index contributed by atoms with van der Waals surface area (Å²) in [6.45, 7) is 21.1. The van der Waals surface area contributed by atoms with Gasteiger partial charge in [-0.15, -0.1) is 48.1 Å². The number of anilines is 4. The van der Waals surface area contributed by atoms with Crippen LogP contribution in [-0.4, -0.2) is 9.55 Å². The number of aromatic nitrogens is 2. The molecule has 6 nitrogen and oxygen atoms in total. The van der Waals surface area contributed by atoms with Gasteiger partial charge < -0.3 is 23.8 Å². The second-order valence-corrected chi connectivity index (χ2v) is 24.4. The summed E-state index contributed by atoms with van der Waals surface area (Å²) in [5.74, 6) is 2.01. The van der Waals surface area contributed by atoms with Gasteiger partial charge in [-0.05, 0) is 144 Å². The molecule has 0 unspecified atom stereocenters. The topological polar surface area (TPSA) is 42.8 Å². The van der Waals surface area contributed by atoms with Gasteiger partial charge in [-0.2, -0.15) is 12.1 Å². The molecule has 7 heterocycles. The van der Waals surface area contributed by atoms with E-state index in [4.69, 9.17) is 25.4 Å². The van der Waals surface area contributed by atoms with E-state index in [-0.39, 0.29) is 78.6 Å². The van der Waals surface area contributed by atoms with Gasteiger partial charge in [0.05, 0.1) is 17.8 Å². The predicted molar refractivity (Wildman–Crippen MR) is 348 cm³/mol. The van der Waals surface area contributed by atoms with Crippen LogP contribution >= 0.6 is 0 Å². The monoisotopic (exact) mass is 1300 g/mol. The van der Waals surface area contributed by atoms with E-state index >= 15 is 0 Å². The molecule has 0 radical (unpaired) electrons. The fraction of sp³-hybridized carbons (Fsp3) is 0.154. The van der Waals surface area contributed by atoms with Crippen molar-refractivity contribution in [1.29, 1.82) is 0 Å². The van der Waals surface area contributed by atoms with Gasteiger partial charge >= 0.3 is 0 Å². The minimum atomic E-state index is -0.637. The Morgan fingerprint density at radius 2 is 1.06 bits per heavy atom. The molecule has 0 aliphatic carbocycles. The molecule has 12 bridgehead atoms. The van der Waals surface area contributed by atoms with Crippen LogP contribution in [0, 0.1) is 18.8 Å². The van der Waals surface area contributed by atoms with E-state index in [0.29, 0.717) is 45.2 Å². The van der Waals surface area contributed by atoms with E-state index < -0.39 is 70.6 Å². The van der Waals surface area contributed by atoms with Crippen LogP contribution in [0.15, 0.2) is 224 Å². The predicted octanol–water partition coefficient (Wildman–Crippen LogP) is 21.3. The molecule has 0 atom stereocenters. The molecule has 0 spiro atoms. The summed E-state index contributed by atoms with van der Waals surface area (Å²) in [7, 11) is 0. The van der Waals surface area contributed by atoms with E-state index in [9.17, 15) is 6.85 Å².